The van der Waals surface area contributed by atoms with Crippen LogP contribution in [0.4, 0.5) is 0 Å². The minimum Gasteiger partial charge on any atom is -0.389 e. The van der Waals surface area contributed by atoms with Gasteiger partial charge in [0.2, 0.25) is 0 Å². The van der Waals surface area contributed by atoms with E-state index in [-0.39, 0.29) is 0 Å². The summed E-state index contributed by atoms with van der Waals surface area (Å²) in [6, 6.07) is 2.11. The van der Waals surface area contributed by atoms with Gasteiger partial charge in [0.1, 0.15) is 5.01 Å². The Kier molecular flexibility index (Phi) is 4.21. The number of aromatic nitrogens is 1. The molecule has 0 radical (unpaired) electrons. The quantitative estimate of drug-likeness (QED) is 0.916. The lowest BCUT2D eigenvalue weighted by molar-refractivity contribution is 0.0147. The molecule has 0 atom stereocenters. The Morgan fingerprint density at radius 2 is 2.20 bits per heavy atom. The Hall–Kier alpha value is -0.750. The summed E-state index contributed by atoms with van der Waals surface area (Å²) in [5, 5.41) is 15.7. The third kappa shape index (κ3) is 3.28. The molecule has 1 saturated carbocycles. The largest absolute Gasteiger partial charge is 0.389 e. The fourth-order valence-electron chi connectivity index (χ4n) is 2.92. The van der Waals surface area contributed by atoms with Gasteiger partial charge in [-0.3, -0.25) is 4.90 Å². The van der Waals surface area contributed by atoms with Crippen LogP contribution in [0.5, 0.6) is 0 Å². The first kappa shape index (κ1) is 14.2. The van der Waals surface area contributed by atoms with Crippen molar-refractivity contribution in [2.45, 2.75) is 37.8 Å². The Bertz CT molecular complexity index is 544. The van der Waals surface area contributed by atoms with Crippen LogP contribution in [0, 0.1) is 0 Å². The summed E-state index contributed by atoms with van der Waals surface area (Å²) < 4.78 is 0. The number of hydrogen-bond donors (Lipinski definition) is 1. The zero-order valence-corrected chi connectivity index (χ0v) is 13.3. The predicted molar refractivity (Wildman–Crippen MR) is 85.2 cm³/mol. The Morgan fingerprint density at radius 1 is 1.40 bits per heavy atom. The van der Waals surface area contributed by atoms with Crippen LogP contribution >= 0.6 is 22.7 Å². The van der Waals surface area contributed by atoms with Crippen LogP contribution < -0.4 is 0 Å². The van der Waals surface area contributed by atoms with Gasteiger partial charge >= 0.3 is 0 Å². The van der Waals surface area contributed by atoms with Crippen molar-refractivity contribution in [3.05, 3.63) is 27.9 Å². The van der Waals surface area contributed by atoms with Gasteiger partial charge in [-0.2, -0.15) is 11.3 Å². The second-order valence-electron chi connectivity index (χ2n) is 5.75. The van der Waals surface area contributed by atoms with E-state index in [1.54, 1.807) is 22.7 Å². The number of nitrogens with zero attached hydrogens (tertiary/aromatic N) is 2. The highest BCUT2D eigenvalue weighted by molar-refractivity contribution is 7.15. The number of rotatable bonds is 5. The van der Waals surface area contributed by atoms with Gasteiger partial charge in [0.25, 0.3) is 0 Å². The zero-order valence-electron chi connectivity index (χ0n) is 11.7. The van der Waals surface area contributed by atoms with E-state index in [0.717, 1.165) is 43.8 Å². The maximum Gasteiger partial charge on any atom is 0.124 e. The molecule has 0 bridgehead atoms. The van der Waals surface area contributed by atoms with E-state index in [1.165, 1.54) is 10.4 Å². The minimum atomic E-state index is -0.463. The Morgan fingerprint density at radius 3 is 2.90 bits per heavy atom. The van der Waals surface area contributed by atoms with Crippen molar-refractivity contribution in [2.75, 3.05) is 13.6 Å². The molecule has 0 aliphatic heterocycles. The third-order valence-corrected chi connectivity index (χ3v) is 5.56. The fraction of sp³-hybridized carbons (Fsp3) is 0.533. The summed E-state index contributed by atoms with van der Waals surface area (Å²) in [5.41, 5.74) is 0.749. The molecule has 0 aromatic carbocycles. The van der Waals surface area contributed by atoms with E-state index in [2.05, 4.69) is 33.8 Å². The van der Waals surface area contributed by atoms with Crippen molar-refractivity contribution in [3.63, 3.8) is 0 Å². The maximum absolute atomic E-state index is 10.4. The number of hydrogen-bond acceptors (Lipinski definition) is 5. The van der Waals surface area contributed by atoms with Gasteiger partial charge in [-0.25, -0.2) is 4.98 Å². The molecule has 1 N–H and O–H groups in total. The molecule has 0 amide bonds. The van der Waals surface area contributed by atoms with Gasteiger partial charge in [-0.05, 0) is 31.3 Å². The summed E-state index contributed by atoms with van der Waals surface area (Å²) in [7, 11) is 2.08. The third-order valence-electron chi connectivity index (χ3n) is 3.85. The molecule has 0 spiro atoms. The van der Waals surface area contributed by atoms with Crippen molar-refractivity contribution in [1.82, 2.24) is 9.88 Å². The highest BCUT2D eigenvalue weighted by Gasteiger charge is 2.32. The van der Waals surface area contributed by atoms with Gasteiger partial charge in [0.15, 0.2) is 0 Å². The van der Waals surface area contributed by atoms with E-state index in [4.69, 9.17) is 0 Å². The molecule has 0 unspecified atom stereocenters. The molecule has 1 fully saturated rings. The number of thiazole rings is 1. The molecule has 5 heteroatoms. The van der Waals surface area contributed by atoms with Crippen LogP contribution in [0.2, 0.25) is 0 Å². The predicted octanol–water partition coefficient (Wildman–Crippen LogP) is 3.61. The molecule has 2 aromatic heterocycles. The van der Waals surface area contributed by atoms with E-state index in [0.29, 0.717) is 0 Å². The van der Waals surface area contributed by atoms with Crippen LogP contribution in [0.25, 0.3) is 10.6 Å². The summed E-state index contributed by atoms with van der Waals surface area (Å²) in [6.45, 7) is 1.63. The number of aliphatic hydroxyl groups is 1. The molecule has 108 valence electrons. The molecule has 3 rings (SSSR count). The average Bonchev–Trinajstić information content (AvgIpc) is 3.08. The van der Waals surface area contributed by atoms with Gasteiger partial charge in [-0.1, -0.05) is 12.8 Å². The normalized spacial score (nSPS) is 17.9. The second-order valence-corrected chi connectivity index (χ2v) is 7.64. The molecular formula is C15H20N2OS2. The molecule has 3 nitrogen and oxygen atoms in total. The lowest BCUT2D eigenvalue weighted by Crippen LogP contribution is -2.38. The fourth-order valence-corrected chi connectivity index (χ4v) is 4.62. The summed E-state index contributed by atoms with van der Waals surface area (Å²) in [5.74, 6) is 0. The highest BCUT2D eigenvalue weighted by atomic mass is 32.1. The number of thiophene rings is 1. The molecule has 1 aliphatic rings. The SMILES string of the molecule is CN(Cc1cnc(-c2ccsc2)s1)CC1(O)CCCC1. The maximum atomic E-state index is 10.4. The first-order chi connectivity index (χ1) is 9.65. The monoisotopic (exact) mass is 308 g/mol. The summed E-state index contributed by atoms with van der Waals surface area (Å²) in [6.07, 6.45) is 6.17. The van der Waals surface area contributed by atoms with E-state index in [1.807, 2.05) is 6.20 Å². The molecule has 2 heterocycles. The summed E-state index contributed by atoms with van der Waals surface area (Å²) >= 11 is 3.45. The minimum absolute atomic E-state index is 0.463. The lowest BCUT2D eigenvalue weighted by Gasteiger charge is -2.28. The lowest BCUT2D eigenvalue weighted by atomic mass is 10.0. The van der Waals surface area contributed by atoms with Gasteiger partial charge in [-0.15, -0.1) is 11.3 Å². The van der Waals surface area contributed by atoms with E-state index in [9.17, 15) is 5.11 Å². The van der Waals surface area contributed by atoms with Gasteiger partial charge in [0, 0.05) is 35.1 Å². The van der Waals surface area contributed by atoms with Crippen molar-refractivity contribution < 1.29 is 5.11 Å². The molecule has 1 aliphatic carbocycles. The van der Waals surface area contributed by atoms with Crippen LogP contribution in [-0.4, -0.2) is 34.2 Å². The van der Waals surface area contributed by atoms with Crippen LogP contribution in [0.15, 0.2) is 23.0 Å². The molecular weight excluding hydrogens is 288 g/mol. The second kappa shape index (κ2) is 5.93. The van der Waals surface area contributed by atoms with Crippen LogP contribution in [-0.2, 0) is 6.54 Å². The van der Waals surface area contributed by atoms with Crippen molar-refractivity contribution >= 4 is 22.7 Å². The molecule has 2 aromatic rings. The smallest absolute Gasteiger partial charge is 0.124 e. The average molecular weight is 308 g/mol. The van der Waals surface area contributed by atoms with Crippen molar-refractivity contribution in [1.29, 1.82) is 0 Å². The molecule has 0 saturated heterocycles. The van der Waals surface area contributed by atoms with E-state index < -0.39 is 5.60 Å². The van der Waals surface area contributed by atoms with Crippen LogP contribution in [0.1, 0.15) is 30.6 Å². The number of likely N-dealkylation sites (N-methyl/N-ethyl adjacent to an activating group) is 1. The molecule has 20 heavy (non-hydrogen) atoms. The standard InChI is InChI=1S/C15H20N2OS2/c1-17(11-15(18)5-2-3-6-15)9-13-8-16-14(20-13)12-4-7-19-10-12/h4,7-8,10,18H,2-3,5-6,9,11H2,1H3. The first-order valence-corrected chi connectivity index (χ1v) is 8.79. The zero-order chi connectivity index (χ0) is 14.0. The Labute approximate surface area is 127 Å². The van der Waals surface area contributed by atoms with E-state index >= 15 is 0 Å². The van der Waals surface area contributed by atoms with Crippen LogP contribution in [0.3, 0.4) is 0 Å². The Balaban J connectivity index is 1.60. The van der Waals surface area contributed by atoms with Gasteiger partial charge < -0.3 is 5.11 Å². The highest BCUT2D eigenvalue weighted by Crippen LogP contribution is 2.31. The summed E-state index contributed by atoms with van der Waals surface area (Å²) in [4.78, 5) is 7.97. The first-order valence-electron chi connectivity index (χ1n) is 7.03. The van der Waals surface area contributed by atoms with Gasteiger partial charge in [0.05, 0.1) is 5.60 Å². The van der Waals surface area contributed by atoms with Crippen molar-refractivity contribution in [3.8, 4) is 10.6 Å². The van der Waals surface area contributed by atoms with Crippen molar-refractivity contribution in [2.24, 2.45) is 0 Å². The topological polar surface area (TPSA) is 36.4 Å².